The maximum Gasteiger partial charge on any atom is 0.306 e. The lowest BCUT2D eigenvalue weighted by atomic mass is 9.70. The van der Waals surface area contributed by atoms with Gasteiger partial charge >= 0.3 is 5.97 Å². The van der Waals surface area contributed by atoms with Gasteiger partial charge in [-0.25, -0.2) is 0 Å². The van der Waals surface area contributed by atoms with E-state index in [9.17, 15) is 24.3 Å². The molecule has 3 amide bonds. The summed E-state index contributed by atoms with van der Waals surface area (Å²) in [6, 6.07) is 6.91. The van der Waals surface area contributed by atoms with Gasteiger partial charge in [0.05, 0.1) is 36.6 Å². The van der Waals surface area contributed by atoms with Crippen LogP contribution in [0.5, 0.6) is 0 Å². The van der Waals surface area contributed by atoms with E-state index in [-0.39, 0.29) is 49.3 Å². The van der Waals surface area contributed by atoms with Crippen molar-refractivity contribution in [3.63, 3.8) is 0 Å². The first kappa shape index (κ1) is 36.3. The van der Waals surface area contributed by atoms with E-state index < -0.39 is 47.6 Å². The van der Waals surface area contributed by atoms with Crippen LogP contribution in [0.25, 0.3) is 0 Å². The third kappa shape index (κ3) is 7.49. The molecule has 10 heteroatoms. The maximum atomic E-state index is 14.7. The van der Waals surface area contributed by atoms with Gasteiger partial charge in [-0.15, -0.1) is 13.2 Å². The lowest BCUT2D eigenvalue weighted by Crippen LogP contribution is -2.60. The Labute approximate surface area is 279 Å². The lowest BCUT2D eigenvalue weighted by Gasteiger charge is -2.41. The van der Waals surface area contributed by atoms with Gasteiger partial charge < -0.3 is 29.7 Å². The summed E-state index contributed by atoms with van der Waals surface area (Å²) in [7, 11) is 0. The Morgan fingerprint density at radius 2 is 1.91 bits per heavy atom. The van der Waals surface area contributed by atoms with Crippen LogP contribution < -0.4 is 5.32 Å². The normalized spacial score (nSPS) is 26.4. The number of carbonyl (C=O) groups is 4. The van der Waals surface area contributed by atoms with Crippen LogP contribution in [-0.4, -0.2) is 88.2 Å². The summed E-state index contributed by atoms with van der Waals surface area (Å²) in [4.78, 5) is 59.2. The second kappa shape index (κ2) is 16.1. The van der Waals surface area contributed by atoms with E-state index in [1.54, 1.807) is 22.0 Å². The van der Waals surface area contributed by atoms with Crippen LogP contribution in [-0.2, 0) is 28.7 Å². The van der Waals surface area contributed by atoms with Crippen LogP contribution in [0.15, 0.2) is 55.6 Å². The van der Waals surface area contributed by atoms with Crippen molar-refractivity contribution in [2.75, 3.05) is 19.8 Å². The van der Waals surface area contributed by atoms with Gasteiger partial charge in [0.1, 0.15) is 18.2 Å². The molecular formula is C37H53N3O7. The van der Waals surface area contributed by atoms with Gasteiger partial charge in [-0.3, -0.25) is 19.2 Å². The number of aliphatic hydroxyl groups is 1. The Morgan fingerprint density at radius 1 is 1.19 bits per heavy atom. The second-order valence-corrected chi connectivity index (χ2v) is 13.7. The highest BCUT2D eigenvalue weighted by molar-refractivity contribution is 5.99. The Morgan fingerprint density at radius 3 is 2.53 bits per heavy atom. The number of aliphatic hydroxyl groups excluding tert-OH is 1. The van der Waals surface area contributed by atoms with Crippen LogP contribution in [0, 0.1) is 17.8 Å². The quantitative estimate of drug-likeness (QED) is 0.179. The number of hydrogen-bond acceptors (Lipinski definition) is 7. The first-order valence-electron chi connectivity index (χ1n) is 17.2. The van der Waals surface area contributed by atoms with E-state index >= 15 is 0 Å². The predicted octanol–water partition coefficient (Wildman–Crippen LogP) is 4.34. The van der Waals surface area contributed by atoms with E-state index in [2.05, 4.69) is 25.4 Å². The molecular weight excluding hydrogens is 598 g/mol. The number of nitrogens with one attached hydrogen (secondary N) is 1. The van der Waals surface area contributed by atoms with E-state index in [0.717, 1.165) is 18.4 Å². The smallest absolute Gasteiger partial charge is 0.306 e. The largest absolute Gasteiger partial charge is 0.463 e. The number of fused-ring (bicyclic) bond motifs is 1. The summed E-state index contributed by atoms with van der Waals surface area (Å²) in [5.74, 6) is -2.95. The number of allylic oxidation sites excluding steroid dienone is 1. The topological polar surface area (TPSA) is 125 Å². The highest BCUT2D eigenvalue weighted by Gasteiger charge is 2.75. The average molecular weight is 652 g/mol. The molecule has 3 aliphatic rings. The summed E-state index contributed by atoms with van der Waals surface area (Å²) in [6.45, 7) is 15.5. The standard InChI is InChI=1S/C37H53N3O7/c1-7-10-17-30(42)46-23-28(26-15-12-11-13-16-26)38-34(43)31-29-18-19-37(47-29)32(31)35(44)40(27(22-41)21-24(4)5)33(37)36(45)39(20-9-3)25(6)14-8-2/h7,9,11-13,15-16,24-25,27-29,31-33,41H,1,3,8,10,14,17-23H2,2,4-6H3,(H,38,43)/t25?,27-,28+,29-,31+,32+,33-,37+/m1/s1. The van der Waals surface area contributed by atoms with Gasteiger partial charge in [-0.1, -0.05) is 69.7 Å². The van der Waals surface area contributed by atoms with E-state index in [4.69, 9.17) is 9.47 Å². The van der Waals surface area contributed by atoms with Crippen molar-refractivity contribution >= 4 is 23.7 Å². The molecule has 4 rings (SSSR count). The molecule has 2 bridgehead atoms. The zero-order chi connectivity index (χ0) is 34.3. The number of hydrogen-bond donors (Lipinski definition) is 2. The Bertz CT molecular complexity index is 1290. The first-order valence-corrected chi connectivity index (χ1v) is 17.2. The molecule has 2 N–H and O–H groups in total. The second-order valence-electron chi connectivity index (χ2n) is 13.7. The number of nitrogens with zero attached hydrogens (tertiary/aromatic N) is 2. The van der Waals surface area contributed by atoms with Crippen molar-refractivity contribution in [1.82, 2.24) is 15.1 Å². The molecule has 1 unspecified atom stereocenters. The molecule has 47 heavy (non-hydrogen) atoms. The number of amides is 3. The minimum Gasteiger partial charge on any atom is -0.463 e. The lowest BCUT2D eigenvalue weighted by molar-refractivity contribution is -0.153. The zero-order valence-corrected chi connectivity index (χ0v) is 28.4. The zero-order valence-electron chi connectivity index (χ0n) is 28.4. The number of carbonyl (C=O) groups excluding carboxylic acids is 4. The van der Waals surface area contributed by atoms with Crippen molar-refractivity contribution in [3.05, 3.63) is 61.2 Å². The molecule has 0 saturated carbocycles. The van der Waals surface area contributed by atoms with Gasteiger partial charge in [0, 0.05) is 19.0 Å². The fourth-order valence-corrected chi connectivity index (χ4v) is 7.88. The van der Waals surface area contributed by atoms with E-state index in [0.29, 0.717) is 32.2 Å². The van der Waals surface area contributed by atoms with Gasteiger partial charge in [0.2, 0.25) is 17.7 Å². The van der Waals surface area contributed by atoms with Crippen LogP contribution in [0.2, 0.25) is 0 Å². The molecule has 1 spiro atoms. The molecule has 3 fully saturated rings. The third-order valence-electron chi connectivity index (χ3n) is 9.95. The molecule has 0 radical (unpaired) electrons. The summed E-state index contributed by atoms with van der Waals surface area (Å²) in [5.41, 5.74) is -0.443. The minimum atomic E-state index is -1.20. The van der Waals surface area contributed by atoms with Crippen molar-refractivity contribution < 1.29 is 33.8 Å². The number of likely N-dealkylation sites (tertiary alicyclic amines) is 1. The fraction of sp³-hybridized carbons (Fsp3) is 0.622. The molecule has 3 saturated heterocycles. The number of benzene rings is 1. The first-order chi connectivity index (χ1) is 22.5. The van der Waals surface area contributed by atoms with E-state index in [1.165, 1.54) is 0 Å². The molecule has 0 aromatic heterocycles. The molecule has 8 atom stereocenters. The van der Waals surface area contributed by atoms with Crippen molar-refractivity contribution in [2.45, 2.75) is 109 Å². The SMILES string of the molecule is C=CCCC(=O)OC[C@H](NC(=O)[C@@H]1[C@H]2C(=O)N([C@@H](CO)CC(C)C)[C@H](C(=O)N(CC=C)C(C)CCC)[C@]23CC[C@H]1O3)c1ccccc1. The maximum absolute atomic E-state index is 14.7. The van der Waals surface area contributed by atoms with Gasteiger partial charge in [-0.05, 0) is 50.5 Å². The highest BCUT2D eigenvalue weighted by atomic mass is 16.5. The third-order valence-corrected chi connectivity index (χ3v) is 9.95. The van der Waals surface area contributed by atoms with Gasteiger partial charge in [0.25, 0.3) is 0 Å². The Balaban J connectivity index is 1.69. The fourth-order valence-electron chi connectivity index (χ4n) is 7.88. The summed E-state index contributed by atoms with van der Waals surface area (Å²) >= 11 is 0. The van der Waals surface area contributed by atoms with Gasteiger partial charge in [0.15, 0.2) is 0 Å². The summed E-state index contributed by atoms with van der Waals surface area (Å²) in [5, 5.41) is 13.7. The summed E-state index contributed by atoms with van der Waals surface area (Å²) in [6.07, 6.45) is 6.58. The van der Waals surface area contributed by atoms with Crippen molar-refractivity contribution in [2.24, 2.45) is 17.8 Å². The monoisotopic (exact) mass is 651 g/mol. The Hall–Kier alpha value is -3.50. The average Bonchev–Trinajstić information content (AvgIpc) is 3.70. The van der Waals surface area contributed by atoms with Crippen LogP contribution in [0.1, 0.15) is 84.2 Å². The van der Waals surface area contributed by atoms with Crippen molar-refractivity contribution in [1.29, 1.82) is 0 Å². The number of esters is 1. The number of rotatable bonds is 18. The van der Waals surface area contributed by atoms with Crippen molar-refractivity contribution in [3.8, 4) is 0 Å². The Kier molecular flexibility index (Phi) is 12.4. The molecule has 1 aromatic rings. The highest BCUT2D eigenvalue weighted by Crippen LogP contribution is 2.59. The molecule has 3 heterocycles. The van der Waals surface area contributed by atoms with Gasteiger partial charge in [-0.2, -0.15) is 0 Å². The van der Waals surface area contributed by atoms with Crippen LogP contribution in [0.4, 0.5) is 0 Å². The molecule has 10 nitrogen and oxygen atoms in total. The number of ether oxygens (including phenoxy) is 2. The molecule has 0 aliphatic carbocycles. The van der Waals surface area contributed by atoms with E-state index in [1.807, 2.05) is 51.1 Å². The minimum absolute atomic E-state index is 0.0756. The molecule has 3 aliphatic heterocycles. The van der Waals surface area contributed by atoms with Crippen LogP contribution >= 0.6 is 0 Å². The predicted molar refractivity (Wildman–Crippen MR) is 179 cm³/mol. The summed E-state index contributed by atoms with van der Waals surface area (Å²) < 4.78 is 12.2. The molecule has 258 valence electrons. The molecule has 1 aromatic carbocycles. The van der Waals surface area contributed by atoms with Crippen LogP contribution in [0.3, 0.4) is 0 Å².